The number of nitrogens with zero attached hydrogens (tertiary/aromatic N) is 1. The number of likely N-dealkylation sites (N-methyl/N-ethyl adjacent to an activating group) is 1. The van der Waals surface area contributed by atoms with E-state index in [1.807, 2.05) is 0 Å². The monoisotopic (exact) mass is 677 g/mol. The first-order valence-corrected chi connectivity index (χ1v) is 22.3. The number of Topliss-reactive ketones (excluding diaryl/α,β-unsaturated/α-hetero) is 1. The average molecular weight is 677 g/mol. The summed E-state index contributed by atoms with van der Waals surface area (Å²) >= 11 is 0. The van der Waals surface area contributed by atoms with E-state index in [0.717, 1.165) is 43.3 Å². The van der Waals surface area contributed by atoms with Crippen LogP contribution in [-0.2, 0) is 9.59 Å². The smallest absolute Gasteiger partial charge is 0.178 e. The molecule has 3 nitrogen and oxygen atoms in total. The summed E-state index contributed by atoms with van der Waals surface area (Å²) < 4.78 is 0.789. The third-order valence-electron chi connectivity index (χ3n) is 11.4. The molecule has 2 atom stereocenters. The van der Waals surface area contributed by atoms with Gasteiger partial charge in [-0.2, -0.15) is 0 Å². The Balaban J connectivity index is 5.31. The molecule has 0 N–H and O–H groups in total. The van der Waals surface area contributed by atoms with Crippen LogP contribution in [0.1, 0.15) is 246 Å². The Kier molecular flexibility index (Phi) is 35.6. The van der Waals surface area contributed by atoms with Crippen LogP contribution in [0.3, 0.4) is 0 Å². The van der Waals surface area contributed by atoms with Gasteiger partial charge in [0.2, 0.25) is 0 Å². The molecule has 0 fully saturated rings. The molecule has 286 valence electrons. The zero-order valence-electron chi connectivity index (χ0n) is 34.0. The first-order valence-electron chi connectivity index (χ1n) is 22.3. The molecule has 0 spiro atoms. The predicted octanol–water partition coefficient (Wildman–Crippen LogP) is 14.5. The lowest BCUT2D eigenvalue weighted by Crippen LogP contribution is -2.58. The molecule has 0 aromatic carbocycles. The molecule has 0 aliphatic heterocycles. The van der Waals surface area contributed by atoms with Crippen molar-refractivity contribution in [2.75, 3.05) is 20.1 Å². The summed E-state index contributed by atoms with van der Waals surface area (Å²) in [5, 5.41) is 0. The highest BCUT2D eigenvalue weighted by Crippen LogP contribution is 2.28. The number of quaternary nitrogens is 1. The van der Waals surface area contributed by atoms with E-state index in [-0.39, 0.29) is 12.0 Å². The van der Waals surface area contributed by atoms with Crippen molar-refractivity contribution in [3.8, 4) is 0 Å². The summed E-state index contributed by atoms with van der Waals surface area (Å²) in [7, 11) is 2.34. The van der Waals surface area contributed by atoms with Crippen molar-refractivity contribution in [2.45, 2.75) is 252 Å². The summed E-state index contributed by atoms with van der Waals surface area (Å²) in [5.74, 6) is 0.303. The predicted molar refractivity (Wildman–Crippen MR) is 214 cm³/mol. The van der Waals surface area contributed by atoms with Gasteiger partial charge < -0.3 is 4.48 Å². The summed E-state index contributed by atoms with van der Waals surface area (Å²) in [6.45, 7) is 11.2. The van der Waals surface area contributed by atoms with Crippen LogP contribution in [0.4, 0.5) is 0 Å². The van der Waals surface area contributed by atoms with Crippen LogP contribution >= 0.6 is 0 Å². The molecule has 0 saturated heterocycles. The Labute approximate surface area is 303 Å². The molecule has 0 rings (SSSR count). The lowest BCUT2D eigenvalue weighted by molar-refractivity contribution is -0.926. The molecule has 0 amide bonds. The summed E-state index contributed by atoms with van der Waals surface area (Å²) in [4.78, 5) is 27.1. The van der Waals surface area contributed by atoms with Gasteiger partial charge in [-0.05, 0) is 38.5 Å². The standard InChI is InChI=1S/C45H90NO2/c1-6-10-14-18-22-24-25-27-28-30-34-38-43(45(48)39-35-31-29-26-23-19-15-11-7-2)44(42-47)46(5,40-36-32-20-16-12-8-3)41-37-33-21-17-13-9-4/h42-44H,6-41H2,1-5H3/q+1. The van der Waals surface area contributed by atoms with Crippen molar-refractivity contribution in [3.05, 3.63) is 0 Å². The fourth-order valence-electron chi connectivity index (χ4n) is 7.94. The number of carbonyl (C=O) groups is 2. The highest BCUT2D eigenvalue weighted by atomic mass is 16.1. The zero-order valence-corrected chi connectivity index (χ0v) is 34.0. The molecular formula is C45H90NO2+. The minimum Gasteiger partial charge on any atom is -0.317 e. The van der Waals surface area contributed by atoms with E-state index in [1.165, 1.54) is 192 Å². The third kappa shape index (κ3) is 27.1. The minimum absolute atomic E-state index is 0.0970. The number of hydrogen-bond acceptors (Lipinski definition) is 2. The van der Waals surface area contributed by atoms with Crippen LogP contribution in [0.5, 0.6) is 0 Å². The van der Waals surface area contributed by atoms with Crippen molar-refractivity contribution < 1.29 is 14.1 Å². The van der Waals surface area contributed by atoms with Crippen molar-refractivity contribution in [3.63, 3.8) is 0 Å². The second kappa shape index (κ2) is 36.1. The van der Waals surface area contributed by atoms with Gasteiger partial charge in [0.25, 0.3) is 0 Å². The second-order valence-corrected chi connectivity index (χ2v) is 16.1. The summed E-state index contributed by atoms with van der Waals surface area (Å²) in [6.07, 6.45) is 44.2. The maximum Gasteiger partial charge on any atom is 0.178 e. The maximum absolute atomic E-state index is 14.0. The maximum atomic E-state index is 14.0. The van der Waals surface area contributed by atoms with Crippen LogP contribution in [0.25, 0.3) is 0 Å². The molecular weight excluding hydrogens is 587 g/mol. The molecule has 0 aromatic rings. The largest absolute Gasteiger partial charge is 0.317 e. The van der Waals surface area contributed by atoms with Crippen LogP contribution in [-0.4, -0.2) is 42.7 Å². The van der Waals surface area contributed by atoms with Crippen molar-refractivity contribution in [1.29, 1.82) is 0 Å². The van der Waals surface area contributed by atoms with E-state index in [0.29, 0.717) is 12.2 Å². The SMILES string of the molecule is CCCCCCCCCCCCCC(C(=O)CCCCCCCCCCC)C(C=O)[N+](C)(CCCCCCCC)CCCCCCCC. The van der Waals surface area contributed by atoms with Crippen LogP contribution < -0.4 is 0 Å². The third-order valence-corrected chi connectivity index (χ3v) is 11.4. The highest BCUT2D eigenvalue weighted by molar-refractivity contribution is 5.84. The van der Waals surface area contributed by atoms with E-state index in [1.54, 1.807) is 0 Å². The lowest BCUT2D eigenvalue weighted by Gasteiger charge is -2.42. The van der Waals surface area contributed by atoms with E-state index in [9.17, 15) is 9.59 Å². The Morgan fingerprint density at radius 3 is 1.06 bits per heavy atom. The van der Waals surface area contributed by atoms with Crippen molar-refractivity contribution in [1.82, 2.24) is 0 Å². The molecule has 2 unspecified atom stereocenters. The Morgan fingerprint density at radius 1 is 0.438 bits per heavy atom. The van der Waals surface area contributed by atoms with E-state index < -0.39 is 0 Å². The highest BCUT2D eigenvalue weighted by Gasteiger charge is 2.40. The Bertz CT molecular complexity index is 660. The lowest BCUT2D eigenvalue weighted by atomic mass is 9.85. The second-order valence-electron chi connectivity index (χ2n) is 16.1. The topological polar surface area (TPSA) is 34.1 Å². The quantitative estimate of drug-likeness (QED) is 0.0368. The molecule has 0 aromatic heterocycles. The Hall–Kier alpha value is -0.700. The van der Waals surface area contributed by atoms with Crippen LogP contribution in [0.2, 0.25) is 0 Å². The first kappa shape index (κ1) is 47.3. The number of aldehydes is 1. The van der Waals surface area contributed by atoms with Gasteiger partial charge in [-0.25, -0.2) is 0 Å². The molecule has 0 aliphatic carbocycles. The van der Waals surface area contributed by atoms with E-state index in [4.69, 9.17) is 0 Å². The van der Waals surface area contributed by atoms with Crippen LogP contribution in [0, 0.1) is 5.92 Å². The molecule has 0 bridgehead atoms. The zero-order chi connectivity index (χ0) is 35.4. The molecule has 48 heavy (non-hydrogen) atoms. The number of hydrogen-bond donors (Lipinski definition) is 0. The van der Waals surface area contributed by atoms with Crippen molar-refractivity contribution in [2.24, 2.45) is 5.92 Å². The van der Waals surface area contributed by atoms with Gasteiger partial charge in [-0.1, -0.05) is 201 Å². The van der Waals surface area contributed by atoms with E-state index >= 15 is 0 Å². The number of ketones is 1. The average Bonchev–Trinajstić information content (AvgIpc) is 3.09. The van der Waals surface area contributed by atoms with Gasteiger partial charge in [-0.15, -0.1) is 0 Å². The molecule has 0 aliphatic rings. The van der Waals surface area contributed by atoms with Gasteiger partial charge in [0.1, 0.15) is 5.78 Å². The van der Waals surface area contributed by atoms with E-state index in [2.05, 4.69) is 34.7 Å². The Morgan fingerprint density at radius 2 is 0.729 bits per heavy atom. The van der Waals surface area contributed by atoms with Crippen molar-refractivity contribution >= 4 is 12.1 Å². The van der Waals surface area contributed by atoms with Gasteiger partial charge in [-0.3, -0.25) is 9.59 Å². The van der Waals surface area contributed by atoms with Gasteiger partial charge in [0.15, 0.2) is 12.3 Å². The number of carbonyl (C=O) groups excluding carboxylic acids is 2. The van der Waals surface area contributed by atoms with Gasteiger partial charge in [0, 0.05) is 6.42 Å². The fraction of sp³-hybridized carbons (Fsp3) is 0.956. The van der Waals surface area contributed by atoms with Gasteiger partial charge in [0.05, 0.1) is 26.1 Å². The minimum atomic E-state index is -0.175. The summed E-state index contributed by atoms with van der Waals surface area (Å²) in [5.41, 5.74) is 0. The molecule has 0 radical (unpaired) electrons. The number of rotatable bonds is 40. The van der Waals surface area contributed by atoms with Crippen LogP contribution in [0.15, 0.2) is 0 Å². The molecule has 0 saturated carbocycles. The van der Waals surface area contributed by atoms with Gasteiger partial charge >= 0.3 is 0 Å². The summed E-state index contributed by atoms with van der Waals surface area (Å²) in [6, 6.07) is -0.175. The first-order chi connectivity index (χ1) is 23.5. The molecule has 3 heteroatoms. The molecule has 0 heterocycles. The number of unbranched alkanes of at least 4 members (excludes halogenated alkanes) is 28. The fourth-order valence-corrected chi connectivity index (χ4v) is 7.94. The normalized spacial score (nSPS) is 13.2.